The zero-order valence-corrected chi connectivity index (χ0v) is 15.8. The van der Waals surface area contributed by atoms with Crippen LogP contribution in [-0.4, -0.2) is 30.4 Å². The number of anilines is 1. The topological polar surface area (TPSA) is 84.5 Å². The van der Waals surface area contributed by atoms with Gasteiger partial charge >= 0.3 is 5.97 Å². The van der Waals surface area contributed by atoms with Crippen molar-refractivity contribution in [1.82, 2.24) is 5.32 Å². The van der Waals surface area contributed by atoms with Gasteiger partial charge in [0.1, 0.15) is 6.04 Å². The smallest absolute Gasteiger partial charge is 0.329 e. The van der Waals surface area contributed by atoms with Crippen LogP contribution in [0, 0.1) is 12.8 Å². The normalized spacial score (nSPS) is 11.7. The molecule has 0 spiro atoms. The highest BCUT2D eigenvalue weighted by molar-refractivity contribution is 7.12. The number of nitrogens with one attached hydrogen (secondary N) is 2. The molecule has 1 heterocycles. The van der Waals surface area contributed by atoms with Gasteiger partial charge in [-0.2, -0.15) is 0 Å². The first-order chi connectivity index (χ1) is 12.4. The summed E-state index contributed by atoms with van der Waals surface area (Å²) < 4.78 is 5.10. The standard InChI is InChI=1S/C19H22N2O4S/c1-12(2)17(21-18(23)15-9-6-10-26-15)19(24)25-11-16(22)20-14-8-5-4-7-13(14)3/h4-10,12,17H,11H2,1-3H3,(H,20,22)(H,21,23)/t17-/m1/s1. The monoisotopic (exact) mass is 374 g/mol. The minimum Gasteiger partial charge on any atom is -0.454 e. The summed E-state index contributed by atoms with van der Waals surface area (Å²) in [5.74, 6) is -1.57. The molecule has 0 aliphatic heterocycles. The number of ether oxygens (including phenoxy) is 1. The maximum absolute atomic E-state index is 12.3. The molecule has 0 unspecified atom stereocenters. The zero-order chi connectivity index (χ0) is 19.1. The van der Waals surface area contributed by atoms with E-state index in [9.17, 15) is 14.4 Å². The lowest BCUT2D eigenvalue weighted by molar-refractivity contribution is -0.150. The molecule has 138 valence electrons. The largest absolute Gasteiger partial charge is 0.454 e. The Labute approximate surface area is 156 Å². The van der Waals surface area contributed by atoms with Gasteiger partial charge in [-0.1, -0.05) is 38.1 Å². The van der Waals surface area contributed by atoms with Crippen molar-refractivity contribution >= 4 is 34.8 Å². The van der Waals surface area contributed by atoms with Crippen LogP contribution in [0.2, 0.25) is 0 Å². The number of esters is 1. The van der Waals surface area contributed by atoms with Crippen molar-refractivity contribution in [2.75, 3.05) is 11.9 Å². The van der Waals surface area contributed by atoms with Crippen molar-refractivity contribution in [2.24, 2.45) is 5.92 Å². The highest BCUT2D eigenvalue weighted by atomic mass is 32.1. The number of carbonyl (C=O) groups is 3. The summed E-state index contributed by atoms with van der Waals surface area (Å²) in [5.41, 5.74) is 1.58. The Hall–Kier alpha value is -2.67. The van der Waals surface area contributed by atoms with E-state index in [2.05, 4.69) is 10.6 Å². The molecule has 26 heavy (non-hydrogen) atoms. The van der Waals surface area contributed by atoms with Crippen LogP contribution in [0.15, 0.2) is 41.8 Å². The first-order valence-electron chi connectivity index (χ1n) is 8.25. The van der Waals surface area contributed by atoms with E-state index in [0.29, 0.717) is 10.6 Å². The lowest BCUT2D eigenvalue weighted by Crippen LogP contribution is -2.45. The molecule has 1 aromatic heterocycles. The molecule has 0 radical (unpaired) electrons. The zero-order valence-electron chi connectivity index (χ0n) is 14.9. The molecule has 2 rings (SSSR count). The van der Waals surface area contributed by atoms with Crippen LogP contribution in [0.5, 0.6) is 0 Å². The van der Waals surface area contributed by atoms with E-state index in [-0.39, 0.29) is 11.8 Å². The van der Waals surface area contributed by atoms with Crippen LogP contribution in [0.4, 0.5) is 5.69 Å². The van der Waals surface area contributed by atoms with Crippen molar-refractivity contribution < 1.29 is 19.1 Å². The molecule has 1 aromatic carbocycles. The summed E-state index contributed by atoms with van der Waals surface area (Å²) in [6, 6.07) is 9.94. The Morgan fingerprint density at radius 3 is 2.46 bits per heavy atom. The number of amides is 2. The van der Waals surface area contributed by atoms with E-state index in [1.54, 1.807) is 37.4 Å². The van der Waals surface area contributed by atoms with E-state index in [1.807, 2.05) is 25.1 Å². The first kappa shape index (κ1) is 19.7. The lowest BCUT2D eigenvalue weighted by Gasteiger charge is -2.20. The van der Waals surface area contributed by atoms with Crippen LogP contribution in [0.3, 0.4) is 0 Å². The highest BCUT2D eigenvalue weighted by Crippen LogP contribution is 2.13. The fourth-order valence-corrected chi connectivity index (χ4v) is 2.87. The summed E-state index contributed by atoms with van der Waals surface area (Å²) in [6.07, 6.45) is 0. The van der Waals surface area contributed by atoms with E-state index >= 15 is 0 Å². The average molecular weight is 374 g/mol. The van der Waals surface area contributed by atoms with Gasteiger partial charge in [-0.25, -0.2) is 4.79 Å². The Morgan fingerprint density at radius 1 is 1.12 bits per heavy atom. The molecule has 2 N–H and O–H groups in total. The van der Waals surface area contributed by atoms with Gasteiger partial charge in [0.2, 0.25) is 0 Å². The number of hydrogen-bond donors (Lipinski definition) is 2. The van der Waals surface area contributed by atoms with Gasteiger partial charge in [0.15, 0.2) is 6.61 Å². The van der Waals surface area contributed by atoms with Crippen molar-refractivity contribution in [3.63, 3.8) is 0 Å². The molecule has 6 nitrogen and oxygen atoms in total. The second kappa shape index (κ2) is 9.15. The number of benzene rings is 1. The van der Waals surface area contributed by atoms with Gasteiger partial charge in [0.25, 0.3) is 11.8 Å². The van der Waals surface area contributed by atoms with Gasteiger partial charge in [-0.05, 0) is 35.9 Å². The molecule has 2 aromatic rings. The van der Waals surface area contributed by atoms with Crippen molar-refractivity contribution in [2.45, 2.75) is 26.8 Å². The third kappa shape index (κ3) is 5.42. The molecule has 0 saturated heterocycles. The average Bonchev–Trinajstić information content (AvgIpc) is 3.14. The molecule has 0 saturated carbocycles. The number of hydrogen-bond acceptors (Lipinski definition) is 5. The number of aryl methyl sites for hydroxylation is 1. The minimum atomic E-state index is -0.823. The summed E-state index contributed by atoms with van der Waals surface area (Å²) in [6.45, 7) is 5.06. The molecular weight excluding hydrogens is 352 g/mol. The molecule has 1 atom stereocenters. The maximum Gasteiger partial charge on any atom is 0.329 e. The number of thiophene rings is 1. The fraction of sp³-hybridized carbons (Fsp3) is 0.316. The molecule has 7 heteroatoms. The number of carbonyl (C=O) groups excluding carboxylic acids is 3. The minimum absolute atomic E-state index is 0.175. The van der Waals surface area contributed by atoms with Crippen molar-refractivity contribution in [3.05, 3.63) is 52.2 Å². The third-order valence-electron chi connectivity index (χ3n) is 3.72. The van der Waals surface area contributed by atoms with Crippen LogP contribution in [0.25, 0.3) is 0 Å². The molecule has 0 fully saturated rings. The lowest BCUT2D eigenvalue weighted by atomic mass is 10.0. The van der Waals surface area contributed by atoms with E-state index in [0.717, 1.165) is 5.56 Å². The highest BCUT2D eigenvalue weighted by Gasteiger charge is 2.27. The van der Waals surface area contributed by atoms with E-state index in [1.165, 1.54) is 11.3 Å². The predicted octanol–water partition coefficient (Wildman–Crippen LogP) is 2.99. The molecule has 0 bridgehead atoms. The third-order valence-corrected chi connectivity index (χ3v) is 4.59. The van der Waals surface area contributed by atoms with Crippen LogP contribution < -0.4 is 10.6 Å². The predicted molar refractivity (Wildman–Crippen MR) is 101 cm³/mol. The number of para-hydroxylation sites is 1. The van der Waals surface area contributed by atoms with Gasteiger partial charge < -0.3 is 15.4 Å². The van der Waals surface area contributed by atoms with Crippen molar-refractivity contribution in [3.8, 4) is 0 Å². The number of rotatable bonds is 7. The van der Waals surface area contributed by atoms with Gasteiger partial charge in [0, 0.05) is 5.69 Å². The Kier molecular flexibility index (Phi) is 6.91. The second-order valence-corrected chi connectivity index (χ2v) is 7.09. The molecular formula is C19H22N2O4S. The molecule has 0 aliphatic rings. The first-order valence-corrected chi connectivity index (χ1v) is 9.13. The SMILES string of the molecule is Cc1ccccc1NC(=O)COC(=O)[C@H](NC(=O)c1cccs1)C(C)C. The maximum atomic E-state index is 12.3. The molecule has 0 aliphatic carbocycles. The van der Waals surface area contributed by atoms with E-state index < -0.39 is 24.5 Å². The summed E-state index contributed by atoms with van der Waals surface area (Å²) >= 11 is 1.29. The molecule has 2 amide bonds. The summed E-state index contributed by atoms with van der Waals surface area (Å²) in [5, 5.41) is 7.15. The van der Waals surface area contributed by atoms with Gasteiger partial charge in [0.05, 0.1) is 4.88 Å². The van der Waals surface area contributed by atoms with Crippen molar-refractivity contribution in [1.29, 1.82) is 0 Å². The quantitative estimate of drug-likeness (QED) is 0.730. The van der Waals surface area contributed by atoms with Crippen LogP contribution >= 0.6 is 11.3 Å². The Balaban J connectivity index is 1.90. The van der Waals surface area contributed by atoms with Crippen LogP contribution in [-0.2, 0) is 14.3 Å². The summed E-state index contributed by atoms with van der Waals surface area (Å²) in [7, 11) is 0. The Morgan fingerprint density at radius 2 is 1.85 bits per heavy atom. The van der Waals surface area contributed by atoms with Gasteiger partial charge in [-0.3, -0.25) is 9.59 Å². The van der Waals surface area contributed by atoms with E-state index in [4.69, 9.17) is 4.74 Å². The Bertz CT molecular complexity index is 772. The second-order valence-electron chi connectivity index (χ2n) is 6.14. The fourth-order valence-electron chi connectivity index (χ4n) is 2.24. The van der Waals surface area contributed by atoms with Gasteiger partial charge in [-0.15, -0.1) is 11.3 Å². The van der Waals surface area contributed by atoms with Crippen LogP contribution in [0.1, 0.15) is 29.1 Å². The summed E-state index contributed by atoms with van der Waals surface area (Å²) in [4.78, 5) is 37.0.